The highest BCUT2D eigenvalue weighted by Crippen LogP contribution is 2.48. The molecule has 0 radical (unpaired) electrons. The molecule has 15 heteroatoms. The number of carbonyl (C=O) groups excluding carboxylic acids is 3. The smallest absolute Gasteiger partial charge is 0.276 e. The second-order valence-corrected chi connectivity index (χ2v) is 18.2. The lowest BCUT2D eigenvalue weighted by molar-refractivity contribution is -0.141. The lowest BCUT2D eigenvalue weighted by Gasteiger charge is -2.28. The van der Waals surface area contributed by atoms with Crippen LogP contribution in [0.4, 0.5) is 0 Å². The zero-order valence-corrected chi connectivity index (χ0v) is 32.5. The van der Waals surface area contributed by atoms with Gasteiger partial charge in [-0.15, -0.1) is 11.3 Å². The molecule has 3 saturated carbocycles. The Morgan fingerprint density at radius 3 is 2.58 bits per heavy atom. The van der Waals surface area contributed by atoms with Crippen LogP contribution in [0, 0.1) is 24.7 Å². The average Bonchev–Trinajstić information content (AvgIpc) is 4.01. The maximum Gasteiger partial charge on any atom is 0.276 e. The van der Waals surface area contributed by atoms with E-state index in [-0.39, 0.29) is 31.1 Å². The molecule has 3 aromatic rings. The molecule has 5 atom stereocenters. The summed E-state index contributed by atoms with van der Waals surface area (Å²) in [5, 5.41) is 5.78. The highest BCUT2D eigenvalue weighted by molar-refractivity contribution is 7.90. The number of nitrogens with zero attached hydrogens (tertiary/aromatic N) is 4. The number of hydrogen-bond donors (Lipinski definition) is 2. The van der Waals surface area contributed by atoms with Gasteiger partial charge in [0.25, 0.3) is 15.9 Å². The minimum atomic E-state index is -4.04. The Hall–Kier alpha value is -4.08. The number of nitrogens with one attached hydrogen (secondary N) is 1. The van der Waals surface area contributed by atoms with Gasteiger partial charge >= 0.3 is 0 Å². The fraction of sp³-hybridized carbons (Fsp3) is 0.553. The second-order valence-electron chi connectivity index (χ2n) is 15.3. The molecule has 3 fully saturated rings. The molecule has 0 bridgehead atoms. The van der Waals surface area contributed by atoms with E-state index in [1.807, 2.05) is 42.7 Å². The summed E-state index contributed by atoms with van der Waals surface area (Å²) in [4.78, 5) is 53.8. The summed E-state index contributed by atoms with van der Waals surface area (Å²) in [6, 6.07) is 5.64. The molecule has 0 spiro atoms. The number of rotatable bonds is 8. The van der Waals surface area contributed by atoms with E-state index in [1.54, 1.807) is 19.1 Å². The van der Waals surface area contributed by atoms with Crippen LogP contribution < -0.4 is 20.6 Å². The first-order valence-corrected chi connectivity index (χ1v) is 20.8. The first-order chi connectivity index (χ1) is 25.2. The molecular weight excluding hydrogens is 717 g/mol. The zero-order valence-electron chi connectivity index (χ0n) is 30.8. The van der Waals surface area contributed by atoms with Crippen LogP contribution in [0.3, 0.4) is 0 Å². The molecule has 0 unspecified atom stereocenters. The topological polar surface area (TPSA) is 174 Å². The number of allylic oxidation sites excluding steroid dienone is 1. The predicted molar refractivity (Wildman–Crippen MR) is 201 cm³/mol. The van der Waals surface area contributed by atoms with Gasteiger partial charge in [0.15, 0.2) is 0 Å². The van der Waals surface area contributed by atoms with Crippen LogP contribution >= 0.6 is 11.3 Å². The van der Waals surface area contributed by atoms with Gasteiger partial charge in [0.05, 0.1) is 35.4 Å². The van der Waals surface area contributed by atoms with E-state index in [4.69, 9.17) is 25.3 Å². The number of carbonyl (C=O) groups is 3. The van der Waals surface area contributed by atoms with E-state index < -0.39 is 56.5 Å². The van der Waals surface area contributed by atoms with Crippen molar-refractivity contribution in [1.29, 1.82) is 0 Å². The van der Waals surface area contributed by atoms with E-state index in [1.165, 1.54) is 11.3 Å². The van der Waals surface area contributed by atoms with E-state index in [9.17, 15) is 22.8 Å². The van der Waals surface area contributed by atoms with E-state index >= 15 is 0 Å². The third-order valence-electron chi connectivity index (χ3n) is 11.2. The number of benzene rings is 1. The molecule has 1 aromatic carbocycles. The van der Waals surface area contributed by atoms with Crippen LogP contribution in [-0.4, -0.2) is 83.0 Å². The van der Waals surface area contributed by atoms with Crippen molar-refractivity contribution < 1.29 is 32.3 Å². The summed E-state index contributed by atoms with van der Waals surface area (Å²) in [5.41, 5.74) is 1.64. The number of hydrazine groups is 1. The molecule has 4 aliphatic rings. The van der Waals surface area contributed by atoms with Crippen LogP contribution in [0.5, 0.6) is 11.5 Å². The van der Waals surface area contributed by atoms with Crippen LogP contribution in [0.15, 0.2) is 35.7 Å². The van der Waals surface area contributed by atoms with Crippen molar-refractivity contribution in [1.82, 2.24) is 24.6 Å². The van der Waals surface area contributed by atoms with Crippen molar-refractivity contribution in [3.63, 3.8) is 0 Å². The summed E-state index contributed by atoms with van der Waals surface area (Å²) in [5.74, 6) is 4.00. The molecular formula is C38H48N6O7S2. The van der Waals surface area contributed by atoms with E-state index in [2.05, 4.69) is 19.2 Å². The number of fused-ring (bicyclic) bond motifs is 3. The van der Waals surface area contributed by atoms with Gasteiger partial charge in [-0.05, 0) is 76.3 Å². The average molecular weight is 765 g/mol. The van der Waals surface area contributed by atoms with Crippen molar-refractivity contribution in [3.05, 3.63) is 47.0 Å². The molecule has 3 aliphatic carbocycles. The maximum atomic E-state index is 14.4. The van der Waals surface area contributed by atoms with Gasteiger partial charge in [-0.1, -0.05) is 26.0 Å². The first kappa shape index (κ1) is 37.2. The summed E-state index contributed by atoms with van der Waals surface area (Å²) in [6.45, 7) is 6.66. The molecule has 2 aromatic heterocycles. The molecule has 284 valence electrons. The number of hydrogen-bond acceptors (Lipinski definition) is 11. The standard InChI is InChI=1S/C38H48N6O7S2/c1-21(2)30-20-52-35(41-30)29-18-32(26-13-14-31(50-5)22(3)33(26)40-29)51-24-16-27-28(17-24)36(46)43(4)15-9-7-6-8-10-23-19-38(23,42-34(27)45)37(47)44(39)53(48,49)25-11-12-25/h8,10,13-14,18,20-21,23-25,27-28H,6-7,9,11-12,15-17,19,39H2,1-5H3,(H,42,45)/b10-8-/t23-,24-,27-,28-,38-/m1/s1. The van der Waals surface area contributed by atoms with Crippen molar-refractivity contribution >= 4 is 50.0 Å². The Bertz CT molecular complexity index is 2080. The summed E-state index contributed by atoms with van der Waals surface area (Å²) >= 11 is 1.51. The van der Waals surface area contributed by atoms with Crippen LogP contribution in [0.25, 0.3) is 21.6 Å². The van der Waals surface area contributed by atoms with Crippen molar-refractivity contribution in [3.8, 4) is 22.2 Å². The number of thiazole rings is 1. The van der Waals surface area contributed by atoms with Gasteiger partial charge in [-0.2, -0.15) is 4.41 Å². The van der Waals surface area contributed by atoms with Crippen LogP contribution in [0.2, 0.25) is 0 Å². The predicted octanol–water partition coefficient (Wildman–Crippen LogP) is 4.84. The van der Waals surface area contributed by atoms with Gasteiger partial charge in [-0.25, -0.2) is 24.2 Å². The van der Waals surface area contributed by atoms with Crippen LogP contribution in [-0.2, 0) is 24.4 Å². The molecule has 53 heavy (non-hydrogen) atoms. The largest absolute Gasteiger partial charge is 0.496 e. The van der Waals surface area contributed by atoms with Crippen molar-refractivity contribution in [2.24, 2.45) is 23.6 Å². The lowest BCUT2D eigenvalue weighted by atomic mass is 9.93. The van der Waals surface area contributed by atoms with Gasteiger partial charge in [-0.3, -0.25) is 14.4 Å². The molecule has 7 rings (SSSR count). The number of aromatic nitrogens is 2. The number of aryl methyl sites for hydroxylation is 1. The third kappa shape index (κ3) is 7.03. The molecule has 0 saturated heterocycles. The van der Waals surface area contributed by atoms with E-state index in [0.717, 1.165) is 40.9 Å². The van der Waals surface area contributed by atoms with Gasteiger partial charge in [0.1, 0.15) is 33.8 Å². The zero-order chi connectivity index (χ0) is 37.8. The van der Waals surface area contributed by atoms with Gasteiger partial charge in [0, 0.05) is 41.9 Å². The third-order valence-corrected chi connectivity index (χ3v) is 14.1. The Kier molecular flexibility index (Phi) is 10.0. The normalized spacial score (nSPS) is 27.1. The maximum absolute atomic E-state index is 14.4. The van der Waals surface area contributed by atoms with Crippen LogP contribution in [0.1, 0.15) is 82.4 Å². The Balaban J connectivity index is 1.22. The second kappa shape index (κ2) is 14.3. The number of nitrogens with two attached hydrogens (primary N) is 1. The fourth-order valence-electron chi connectivity index (χ4n) is 7.69. The molecule has 3 heterocycles. The number of pyridine rings is 1. The lowest BCUT2D eigenvalue weighted by Crippen LogP contribution is -2.58. The summed E-state index contributed by atoms with van der Waals surface area (Å²) in [7, 11) is -0.679. The van der Waals surface area contributed by atoms with E-state index in [0.29, 0.717) is 46.5 Å². The Morgan fingerprint density at radius 1 is 1.13 bits per heavy atom. The molecule has 13 nitrogen and oxygen atoms in total. The molecule has 3 amide bonds. The first-order valence-electron chi connectivity index (χ1n) is 18.4. The monoisotopic (exact) mass is 764 g/mol. The van der Waals surface area contributed by atoms with Crippen molar-refractivity contribution in [2.75, 3.05) is 20.7 Å². The highest BCUT2D eigenvalue weighted by atomic mass is 32.2. The Morgan fingerprint density at radius 2 is 1.89 bits per heavy atom. The van der Waals surface area contributed by atoms with Gasteiger partial charge < -0.3 is 19.7 Å². The Labute approximate surface area is 314 Å². The summed E-state index contributed by atoms with van der Waals surface area (Å²) < 4.78 is 38.8. The number of sulfonamides is 1. The quantitative estimate of drug-likeness (QED) is 0.140. The number of amides is 3. The number of ether oxygens (including phenoxy) is 2. The summed E-state index contributed by atoms with van der Waals surface area (Å²) in [6.07, 6.45) is 7.20. The SMILES string of the molecule is COc1ccc2c(O[C@@H]3C[C@H]4C(=O)N[C@]5(C(=O)N(N)S(=O)(=O)C6CC6)C[C@H]5/C=C\CCCCN(C)C(=O)[C@@H]4C3)cc(-c3nc(C(C)C)cs3)nc2c1C. The molecule has 1 aliphatic heterocycles. The minimum absolute atomic E-state index is 0.168. The minimum Gasteiger partial charge on any atom is -0.496 e. The highest BCUT2D eigenvalue weighted by Gasteiger charge is 2.64. The van der Waals surface area contributed by atoms with Gasteiger partial charge in [0.2, 0.25) is 11.8 Å². The fourth-order valence-corrected chi connectivity index (χ4v) is 10.1. The van der Waals surface area contributed by atoms with Crippen molar-refractivity contribution in [2.45, 2.75) is 94.9 Å². The number of methoxy groups -OCH3 is 1. The molecule has 3 N–H and O–H groups in total.